The maximum absolute atomic E-state index is 2.47. The minimum Gasteiger partial charge on any atom is -0.368 e. The van der Waals surface area contributed by atoms with Crippen LogP contribution in [0.2, 0.25) is 0 Å². The first-order chi connectivity index (χ1) is 16.9. The van der Waals surface area contributed by atoms with E-state index < -0.39 is 0 Å². The Morgan fingerprint density at radius 2 is 1.37 bits per heavy atom. The van der Waals surface area contributed by atoms with Gasteiger partial charge in [-0.05, 0) is 84.7 Å². The lowest BCUT2D eigenvalue weighted by molar-refractivity contribution is 0.647. The van der Waals surface area contributed by atoms with E-state index in [1.165, 1.54) is 44.3 Å². The van der Waals surface area contributed by atoms with Gasteiger partial charge < -0.3 is 9.47 Å². The summed E-state index contributed by atoms with van der Waals surface area (Å²) in [4.78, 5) is 2.37. The second kappa shape index (κ2) is 9.77. The standard InChI is InChI=1S/C33H38N2/c1-23(2)19-25-11-17-32-30(21-25)31-22-26(20-24(3)4)12-18-33(31)35(32)29-15-13-28(14-16-29)34(5)27-9-7-6-8-10-27/h6-13,15-18,21-24,28H,14,19-20H2,1-5H3. The predicted octanol–water partition coefficient (Wildman–Crippen LogP) is 8.50. The van der Waals surface area contributed by atoms with Crippen LogP contribution in [-0.2, 0) is 12.8 Å². The van der Waals surface area contributed by atoms with E-state index >= 15 is 0 Å². The van der Waals surface area contributed by atoms with Crippen LogP contribution in [0.5, 0.6) is 0 Å². The van der Waals surface area contributed by atoms with Crippen LogP contribution in [0.15, 0.2) is 85.0 Å². The molecule has 0 N–H and O–H groups in total. The molecule has 3 aromatic carbocycles. The van der Waals surface area contributed by atoms with E-state index in [-0.39, 0.29) is 0 Å². The van der Waals surface area contributed by atoms with Gasteiger partial charge in [0.25, 0.3) is 0 Å². The molecule has 1 unspecified atom stereocenters. The van der Waals surface area contributed by atoms with Crippen molar-refractivity contribution in [3.63, 3.8) is 0 Å². The Morgan fingerprint density at radius 1 is 0.800 bits per heavy atom. The Hall–Kier alpha value is -3.26. The summed E-state index contributed by atoms with van der Waals surface area (Å²) < 4.78 is 2.47. The third kappa shape index (κ3) is 4.80. The summed E-state index contributed by atoms with van der Waals surface area (Å²) in [5.74, 6) is 1.31. The molecule has 35 heavy (non-hydrogen) atoms. The van der Waals surface area contributed by atoms with Crippen molar-refractivity contribution in [2.24, 2.45) is 11.8 Å². The fraction of sp³-hybridized carbons (Fsp3) is 0.333. The first-order valence-corrected chi connectivity index (χ1v) is 13.1. The van der Waals surface area contributed by atoms with E-state index in [9.17, 15) is 0 Å². The molecule has 2 heteroatoms. The van der Waals surface area contributed by atoms with Crippen molar-refractivity contribution in [3.05, 3.63) is 96.1 Å². The average Bonchev–Trinajstić information content (AvgIpc) is 3.16. The van der Waals surface area contributed by atoms with Gasteiger partial charge in [-0.15, -0.1) is 0 Å². The largest absolute Gasteiger partial charge is 0.368 e. The topological polar surface area (TPSA) is 8.17 Å². The fourth-order valence-electron chi connectivity index (χ4n) is 5.50. The smallest absolute Gasteiger partial charge is 0.0541 e. The lowest BCUT2D eigenvalue weighted by atomic mass is 9.99. The highest BCUT2D eigenvalue weighted by atomic mass is 15.1. The Balaban J connectivity index is 1.56. The van der Waals surface area contributed by atoms with Crippen molar-refractivity contribution in [1.82, 2.24) is 4.57 Å². The molecular weight excluding hydrogens is 424 g/mol. The molecule has 1 aliphatic rings. The van der Waals surface area contributed by atoms with E-state index in [1.54, 1.807) is 0 Å². The highest BCUT2D eigenvalue weighted by Crippen LogP contribution is 2.35. The van der Waals surface area contributed by atoms with Gasteiger partial charge in [-0.2, -0.15) is 0 Å². The van der Waals surface area contributed by atoms with E-state index in [1.807, 2.05) is 0 Å². The number of anilines is 1. The van der Waals surface area contributed by atoms with E-state index in [4.69, 9.17) is 0 Å². The number of hydrogen-bond acceptors (Lipinski definition) is 1. The number of benzene rings is 3. The predicted molar refractivity (Wildman–Crippen MR) is 153 cm³/mol. The van der Waals surface area contributed by atoms with Gasteiger partial charge in [-0.25, -0.2) is 0 Å². The number of fused-ring (bicyclic) bond motifs is 3. The van der Waals surface area contributed by atoms with Crippen LogP contribution in [0.3, 0.4) is 0 Å². The number of rotatable bonds is 7. The SMILES string of the molecule is CC(C)Cc1ccc2c(c1)c1cc(CC(C)C)ccc1n2C1=CCC(N(C)c2ccccc2)C=C1. The van der Waals surface area contributed by atoms with Crippen LogP contribution < -0.4 is 4.90 Å². The van der Waals surface area contributed by atoms with Crippen LogP contribution in [-0.4, -0.2) is 17.7 Å². The summed E-state index contributed by atoms with van der Waals surface area (Å²) >= 11 is 0. The molecule has 1 aromatic heterocycles. The minimum atomic E-state index is 0.365. The summed E-state index contributed by atoms with van der Waals surface area (Å²) in [5, 5.41) is 2.75. The molecule has 1 heterocycles. The van der Waals surface area contributed by atoms with Crippen LogP contribution in [0.25, 0.3) is 27.5 Å². The number of likely N-dealkylation sites (N-methyl/N-ethyl adjacent to an activating group) is 1. The van der Waals surface area contributed by atoms with Crippen LogP contribution in [0, 0.1) is 11.8 Å². The van der Waals surface area contributed by atoms with Crippen LogP contribution >= 0.6 is 0 Å². The normalized spacial score (nSPS) is 16.0. The molecule has 4 aromatic rings. The number of nitrogens with zero attached hydrogens (tertiary/aromatic N) is 2. The minimum absolute atomic E-state index is 0.365. The van der Waals surface area contributed by atoms with Crippen molar-refractivity contribution < 1.29 is 0 Å². The molecule has 0 amide bonds. The van der Waals surface area contributed by atoms with Crippen molar-refractivity contribution in [1.29, 1.82) is 0 Å². The van der Waals surface area contributed by atoms with Gasteiger partial charge in [0.2, 0.25) is 0 Å². The molecule has 1 atom stereocenters. The van der Waals surface area contributed by atoms with Gasteiger partial charge in [0.1, 0.15) is 0 Å². The Labute approximate surface area is 210 Å². The Bertz CT molecular complexity index is 1320. The average molecular weight is 463 g/mol. The monoisotopic (exact) mass is 462 g/mol. The quantitative estimate of drug-likeness (QED) is 0.267. The molecule has 0 fully saturated rings. The van der Waals surface area contributed by atoms with Crippen molar-refractivity contribution >= 4 is 33.2 Å². The summed E-state index contributed by atoms with van der Waals surface area (Å²) in [6.45, 7) is 9.20. The molecule has 0 radical (unpaired) electrons. The molecule has 0 aliphatic heterocycles. The zero-order valence-electron chi connectivity index (χ0n) is 21.8. The molecular formula is C33H38N2. The molecule has 0 saturated heterocycles. The van der Waals surface area contributed by atoms with Gasteiger partial charge in [-0.1, -0.05) is 70.2 Å². The summed E-state index contributed by atoms with van der Waals surface area (Å²) in [6, 6.07) is 25.2. The highest BCUT2D eigenvalue weighted by Gasteiger charge is 2.19. The Morgan fingerprint density at radius 3 is 1.86 bits per heavy atom. The zero-order chi connectivity index (χ0) is 24.5. The molecule has 2 nitrogen and oxygen atoms in total. The van der Waals surface area contributed by atoms with Crippen molar-refractivity contribution in [3.8, 4) is 0 Å². The highest BCUT2D eigenvalue weighted by molar-refractivity contribution is 6.11. The van der Waals surface area contributed by atoms with Gasteiger partial charge in [0.15, 0.2) is 0 Å². The summed E-state index contributed by atoms with van der Waals surface area (Å²) in [5.41, 5.74) is 8.00. The van der Waals surface area contributed by atoms with E-state index in [0.717, 1.165) is 19.3 Å². The second-order valence-electron chi connectivity index (χ2n) is 11.0. The third-order valence-corrected chi connectivity index (χ3v) is 7.16. The van der Waals surface area contributed by atoms with Gasteiger partial charge in [-0.3, -0.25) is 0 Å². The Kier molecular flexibility index (Phi) is 6.56. The number of aromatic nitrogens is 1. The van der Waals surface area contributed by atoms with E-state index in [0.29, 0.717) is 17.9 Å². The van der Waals surface area contributed by atoms with Crippen LogP contribution in [0.4, 0.5) is 5.69 Å². The zero-order valence-corrected chi connectivity index (χ0v) is 21.8. The molecule has 0 bridgehead atoms. The maximum atomic E-state index is 2.47. The number of hydrogen-bond donors (Lipinski definition) is 0. The summed E-state index contributed by atoms with van der Waals surface area (Å²) in [6.07, 6.45) is 10.3. The first-order valence-electron chi connectivity index (χ1n) is 13.1. The first kappa shape index (κ1) is 23.5. The lowest BCUT2D eigenvalue weighted by Gasteiger charge is -2.29. The molecule has 0 spiro atoms. The number of para-hydroxylation sites is 1. The molecule has 180 valence electrons. The third-order valence-electron chi connectivity index (χ3n) is 7.16. The lowest BCUT2D eigenvalue weighted by Crippen LogP contribution is -2.30. The molecule has 0 saturated carbocycles. The number of allylic oxidation sites excluding steroid dienone is 2. The van der Waals surface area contributed by atoms with Crippen LogP contribution in [0.1, 0.15) is 45.2 Å². The fourth-order valence-corrected chi connectivity index (χ4v) is 5.50. The second-order valence-corrected chi connectivity index (χ2v) is 11.0. The van der Waals surface area contributed by atoms with Crippen molar-refractivity contribution in [2.45, 2.75) is 53.0 Å². The summed E-state index contributed by atoms with van der Waals surface area (Å²) in [7, 11) is 2.19. The maximum Gasteiger partial charge on any atom is 0.0541 e. The van der Waals surface area contributed by atoms with Gasteiger partial charge >= 0.3 is 0 Å². The van der Waals surface area contributed by atoms with Gasteiger partial charge in [0, 0.05) is 29.2 Å². The van der Waals surface area contributed by atoms with Gasteiger partial charge in [0.05, 0.1) is 17.1 Å². The van der Waals surface area contributed by atoms with E-state index in [2.05, 4.69) is 129 Å². The van der Waals surface area contributed by atoms with Crippen molar-refractivity contribution in [2.75, 3.05) is 11.9 Å². The molecule has 5 rings (SSSR count). The molecule has 1 aliphatic carbocycles.